The van der Waals surface area contributed by atoms with Crippen LogP contribution in [0.5, 0.6) is 0 Å². The van der Waals surface area contributed by atoms with Gasteiger partial charge < -0.3 is 16.0 Å². The third kappa shape index (κ3) is 1.71. The Morgan fingerprint density at radius 1 is 1.50 bits per heavy atom. The second-order valence-corrected chi connectivity index (χ2v) is 3.79. The molecular weight excluding hydrogens is 206 g/mol. The minimum Gasteiger partial charge on any atom is -0.351 e. The molecule has 2 rings (SSSR count). The smallest absolute Gasteiger partial charge is 0.315 e. The zero-order chi connectivity index (χ0) is 11.7. The molecule has 1 aromatic carbocycles. The summed E-state index contributed by atoms with van der Waals surface area (Å²) in [4.78, 5) is 24.3. The fourth-order valence-electron chi connectivity index (χ4n) is 1.75. The van der Waals surface area contributed by atoms with E-state index in [0.29, 0.717) is 6.54 Å². The van der Waals surface area contributed by atoms with Gasteiger partial charge in [0.25, 0.3) is 0 Å². The molecule has 5 heteroatoms. The minimum atomic E-state index is -0.584. The van der Waals surface area contributed by atoms with Gasteiger partial charge in [0.1, 0.15) is 6.04 Å². The second kappa shape index (κ2) is 3.84. The first-order valence-corrected chi connectivity index (χ1v) is 5.04. The van der Waals surface area contributed by atoms with Crippen LogP contribution in [-0.2, 0) is 11.3 Å². The number of fused-ring (bicyclic) bond motifs is 1. The Morgan fingerprint density at radius 2 is 2.19 bits per heavy atom. The number of hydrogen-bond acceptors (Lipinski definition) is 2. The molecule has 1 heterocycles. The van der Waals surface area contributed by atoms with Gasteiger partial charge in [-0.05, 0) is 18.6 Å². The molecule has 1 aliphatic rings. The molecule has 0 saturated heterocycles. The van der Waals surface area contributed by atoms with Crippen LogP contribution in [0.15, 0.2) is 24.3 Å². The molecule has 0 aromatic heterocycles. The van der Waals surface area contributed by atoms with E-state index in [2.05, 4.69) is 5.32 Å². The number of hydrogen-bond donors (Lipinski definition) is 2. The van der Waals surface area contributed by atoms with Gasteiger partial charge in [-0.15, -0.1) is 0 Å². The maximum absolute atomic E-state index is 11.7. The summed E-state index contributed by atoms with van der Waals surface area (Å²) in [5, 5.41) is 2.77. The summed E-state index contributed by atoms with van der Waals surface area (Å²) < 4.78 is 0. The third-order valence-corrected chi connectivity index (χ3v) is 2.75. The number of primary amides is 1. The third-order valence-electron chi connectivity index (χ3n) is 2.75. The number of carbonyl (C=O) groups excluding carboxylic acids is 2. The van der Waals surface area contributed by atoms with Crippen molar-refractivity contribution in [2.45, 2.75) is 19.5 Å². The highest BCUT2D eigenvalue weighted by Crippen LogP contribution is 2.22. The molecule has 0 bridgehead atoms. The first-order valence-electron chi connectivity index (χ1n) is 5.04. The van der Waals surface area contributed by atoms with Crippen LogP contribution in [0.2, 0.25) is 0 Å². The van der Waals surface area contributed by atoms with Crippen LogP contribution < -0.4 is 11.1 Å². The Hall–Kier alpha value is -2.04. The van der Waals surface area contributed by atoms with Crippen molar-refractivity contribution >= 4 is 17.6 Å². The summed E-state index contributed by atoms with van der Waals surface area (Å²) in [7, 11) is 0. The van der Waals surface area contributed by atoms with Gasteiger partial charge in [-0.1, -0.05) is 18.2 Å². The summed E-state index contributed by atoms with van der Waals surface area (Å²) in [6, 6.07) is 6.24. The lowest BCUT2D eigenvalue weighted by molar-refractivity contribution is -0.119. The van der Waals surface area contributed by atoms with Gasteiger partial charge in [0.15, 0.2) is 0 Å². The largest absolute Gasteiger partial charge is 0.351 e. The standard InChI is InChI=1S/C11H13N3O2/c1-7-10(15)13-9-5-3-2-4-8(9)6-14(7)11(12)16/h2-5,7H,6H2,1H3,(H2,12,16)(H,13,15). The predicted molar refractivity (Wildman–Crippen MR) is 59.7 cm³/mol. The maximum Gasteiger partial charge on any atom is 0.315 e. The topological polar surface area (TPSA) is 75.4 Å². The van der Waals surface area contributed by atoms with Crippen LogP contribution in [0.3, 0.4) is 0 Å². The molecule has 0 saturated carbocycles. The molecule has 1 atom stereocenters. The molecular formula is C11H13N3O2. The van der Waals surface area contributed by atoms with E-state index in [0.717, 1.165) is 11.3 Å². The Morgan fingerprint density at radius 3 is 2.88 bits per heavy atom. The Labute approximate surface area is 93.2 Å². The van der Waals surface area contributed by atoms with Gasteiger partial charge in [-0.25, -0.2) is 4.79 Å². The first-order chi connectivity index (χ1) is 7.59. The molecule has 3 N–H and O–H groups in total. The number of urea groups is 1. The van der Waals surface area contributed by atoms with E-state index in [9.17, 15) is 9.59 Å². The maximum atomic E-state index is 11.7. The van der Waals surface area contributed by atoms with Crippen molar-refractivity contribution in [3.63, 3.8) is 0 Å². The molecule has 16 heavy (non-hydrogen) atoms. The van der Waals surface area contributed by atoms with E-state index in [1.165, 1.54) is 4.90 Å². The van der Waals surface area contributed by atoms with Gasteiger partial charge in [0, 0.05) is 5.69 Å². The highest BCUT2D eigenvalue weighted by molar-refractivity contribution is 5.98. The van der Waals surface area contributed by atoms with Crippen LogP contribution in [0.25, 0.3) is 0 Å². The highest BCUT2D eigenvalue weighted by Gasteiger charge is 2.28. The Balaban J connectivity index is 2.42. The zero-order valence-corrected chi connectivity index (χ0v) is 8.93. The monoisotopic (exact) mass is 219 g/mol. The van der Waals surface area contributed by atoms with Crippen molar-refractivity contribution in [3.05, 3.63) is 29.8 Å². The highest BCUT2D eigenvalue weighted by atomic mass is 16.2. The van der Waals surface area contributed by atoms with E-state index >= 15 is 0 Å². The number of carbonyl (C=O) groups is 2. The van der Waals surface area contributed by atoms with Crippen LogP contribution in [0, 0.1) is 0 Å². The van der Waals surface area contributed by atoms with E-state index in [4.69, 9.17) is 5.73 Å². The lowest BCUT2D eigenvalue weighted by Gasteiger charge is -2.23. The van der Waals surface area contributed by atoms with Gasteiger partial charge in [-0.2, -0.15) is 0 Å². The average molecular weight is 219 g/mol. The van der Waals surface area contributed by atoms with Crippen LogP contribution in [-0.4, -0.2) is 22.9 Å². The summed E-state index contributed by atoms with van der Waals surface area (Å²) in [6.45, 7) is 2.01. The molecule has 0 aliphatic carbocycles. The van der Waals surface area contributed by atoms with Crippen LogP contribution >= 0.6 is 0 Å². The summed E-state index contributed by atoms with van der Waals surface area (Å²) >= 11 is 0. The van der Waals surface area contributed by atoms with Crippen molar-refractivity contribution in [2.75, 3.05) is 5.32 Å². The normalized spacial score (nSPS) is 19.7. The van der Waals surface area contributed by atoms with E-state index in [1.54, 1.807) is 6.92 Å². The molecule has 3 amide bonds. The number of anilines is 1. The Kier molecular flexibility index (Phi) is 2.52. The summed E-state index contributed by atoms with van der Waals surface area (Å²) in [5.74, 6) is -0.219. The van der Waals surface area contributed by atoms with Crippen molar-refractivity contribution in [3.8, 4) is 0 Å². The first kappa shape index (κ1) is 10.5. The van der Waals surface area contributed by atoms with E-state index in [1.807, 2.05) is 24.3 Å². The van der Waals surface area contributed by atoms with Gasteiger partial charge in [0.05, 0.1) is 6.54 Å². The van der Waals surface area contributed by atoms with Gasteiger partial charge >= 0.3 is 6.03 Å². The molecule has 1 unspecified atom stereocenters. The van der Waals surface area contributed by atoms with E-state index in [-0.39, 0.29) is 5.91 Å². The molecule has 1 aromatic rings. The van der Waals surface area contributed by atoms with E-state index < -0.39 is 12.1 Å². The average Bonchev–Trinajstić information content (AvgIpc) is 2.37. The lowest BCUT2D eigenvalue weighted by Crippen LogP contribution is -2.45. The zero-order valence-electron chi connectivity index (χ0n) is 8.93. The van der Waals surface area contributed by atoms with Crippen molar-refractivity contribution in [1.29, 1.82) is 0 Å². The molecule has 0 radical (unpaired) electrons. The molecule has 0 fully saturated rings. The summed E-state index contributed by atoms with van der Waals surface area (Å²) in [6.07, 6.45) is 0. The van der Waals surface area contributed by atoms with Crippen LogP contribution in [0.4, 0.5) is 10.5 Å². The van der Waals surface area contributed by atoms with Crippen molar-refractivity contribution in [1.82, 2.24) is 4.90 Å². The summed E-state index contributed by atoms with van der Waals surface area (Å²) in [5.41, 5.74) is 6.88. The number of nitrogens with zero attached hydrogens (tertiary/aromatic N) is 1. The predicted octanol–water partition coefficient (Wildman–Crippen LogP) is 0.908. The minimum absolute atomic E-state index is 0.219. The van der Waals surface area contributed by atoms with Crippen LogP contribution in [0.1, 0.15) is 12.5 Å². The van der Waals surface area contributed by atoms with Crippen molar-refractivity contribution in [2.24, 2.45) is 5.73 Å². The number of nitrogens with one attached hydrogen (secondary N) is 1. The van der Waals surface area contributed by atoms with Gasteiger partial charge in [-0.3, -0.25) is 4.79 Å². The molecule has 1 aliphatic heterocycles. The number of amides is 3. The lowest BCUT2D eigenvalue weighted by atomic mass is 10.2. The number of benzene rings is 1. The number of rotatable bonds is 0. The quantitative estimate of drug-likeness (QED) is 0.680. The fourth-order valence-corrected chi connectivity index (χ4v) is 1.75. The molecule has 84 valence electrons. The second-order valence-electron chi connectivity index (χ2n) is 3.79. The van der Waals surface area contributed by atoms with Gasteiger partial charge in [0.2, 0.25) is 5.91 Å². The SMILES string of the molecule is CC1C(=O)Nc2ccccc2CN1C(N)=O. The van der Waals surface area contributed by atoms with Crippen molar-refractivity contribution < 1.29 is 9.59 Å². The number of nitrogens with two attached hydrogens (primary N) is 1. The number of para-hydroxylation sites is 1. The fraction of sp³-hybridized carbons (Fsp3) is 0.273. The molecule has 5 nitrogen and oxygen atoms in total. The Bertz CT molecular complexity index is 445. The molecule has 0 spiro atoms.